The van der Waals surface area contributed by atoms with Crippen LogP contribution in [0.25, 0.3) is 12.3 Å². The molecule has 0 amide bonds. The first-order valence-corrected chi connectivity index (χ1v) is 3.46. The maximum Gasteiger partial charge on any atom is 0.0613 e. The SMILES string of the molecule is Cc1c[nH]c2c1=CCNC=2. The molecular weight excluding hydrogens is 124 g/mol. The fourth-order valence-corrected chi connectivity index (χ4v) is 1.27. The van der Waals surface area contributed by atoms with Gasteiger partial charge in [-0.05, 0) is 12.5 Å². The van der Waals surface area contributed by atoms with E-state index in [4.69, 9.17) is 0 Å². The van der Waals surface area contributed by atoms with Crippen molar-refractivity contribution in [3.63, 3.8) is 0 Å². The van der Waals surface area contributed by atoms with E-state index in [0.717, 1.165) is 6.54 Å². The predicted molar refractivity (Wildman–Crippen MR) is 41.7 cm³/mol. The van der Waals surface area contributed by atoms with Crippen LogP contribution in [0, 0.1) is 6.92 Å². The second kappa shape index (κ2) is 1.90. The van der Waals surface area contributed by atoms with Crippen LogP contribution < -0.4 is 15.9 Å². The number of aromatic nitrogens is 1. The fourth-order valence-electron chi connectivity index (χ4n) is 1.27. The molecule has 0 spiro atoms. The number of aryl methyl sites for hydroxylation is 1. The number of hydrogen-bond donors (Lipinski definition) is 2. The van der Waals surface area contributed by atoms with Gasteiger partial charge in [-0.15, -0.1) is 0 Å². The summed E-state index contributed by atoms with van der Waals surface area (Å²) in [7, 11) is 0. The summed E-state index contributed by atoms with van der Waals surface area (Å²) in [4.78, 5) is 3.18. The van der Waals surface area contributed by atoms with E-state index in [1.54, 1.807) is 0 Å². The second-order valence-electron chi connectivity index (χ2n) is 2.56. The number of aromatic amines is 1. The zero-order valence-electron chi connectivity index (χ0n) is 5.94. The van der Waals surface area contributed by atoms with Crippen LogP contribution in [-0.2, 0) is 0 Å². The van der Waals surface area contributed by atoms with Gasteiger partial charge < -0.3 is 10.3 Å². The molecule has 2 heterocycles. The molecular formula is C8H10N2. The average Bonchev–Trinajstić information content (AvgIpc) is 2.34. The fraction of sp³-hybridized carbons (Fsp3) is 0.250. The van der Waals surface area contributed by atoms with Gasteiger partial charge in [-0.25, -0.2) is 0 Å². The van der Waals surface area contributed by atoms with Crippen molar-refractivity contribution in [2.45, 2.75) is 6.92 Å². The van der Waals surface area contributed by atoms with Crippen molar-refractivity contribution in [3.05, 3.63) is 22.3 Å². The largest absolute Gasteiger partial charge is 0.386 e. The Labute approximate surface area is 59.3 Å². The molecule has 0 aromatic carbocycles. The van der Waals surface area contributed by atoms with E-state index in [2.05, 4.69) is 23.3 Å². The van der Waals surface area contributed by atoms with Gasteiger partial charge in [-0.2, -0.15) is 0 Å². The molecule has 1 aliphatic rings. The van der Waals surface area contributed by atoms with Crippen LogP contribution in [0.15, 0.2) is 6.20 Å². The Kier molecular flexibility index (Phi) is 1.07. The van der Waals surface area contributed by atoms with Crippen LogP contribution in [0.2, 0.25) is 0 Å². The normalized spacial score (nSPS) is 14.5. The molecule has 1 aromatic heterocycles. The third-order valence-corrected chi connectivity index (χ3v) is 1.83. The molecule has 0 saturated heterocycles. The Balaban J connectivity index is 2.89. The molecule has 2 rings (SSSR count). The topological polar surface area (TPSA) is 27.8 Å². The summed E-state index contributed by atoms with van der Waals surface area (Å²) >= 11 is 0. The minimum absolute atomic E-state index is 0.950. The molecule has 0 atom stereocenters. The lowest BCUT2D eigenvalue weighted by molar-refractivity contribution is 1.04. The van der Waals surface area contributed by atoms with Gasteiger partial charge in [0.2, 0.25) is 0 Å². The minimum Gasteiger partial charge on any atom is -0.386 e. The van der Waals surface area contributed by atoms with E-state index in [9.17, 15) is 0 Å². The van der Waals surface area contributed by atoms with Crippen molar-refractivity contribution >= 4 is 12.3 Å². The summed E-state index contributed by atoms with van der Waals surface area (Å²) in [6.45, 7) is 3.07. The molecule has 0 bridgehead atoms. The molecule has 0 aliphatic carbocycles. The van der Waals surface area contributed by atoms with Crippen LogP contribution in [0.1, 0.15) is 5.56 Å². The summed E-state index contributed by atoms with van der Waals surface area (Å²) in [5, 5.41) is 5.69. The summed E-state index contributed by atoms with van der Waals surface area (Å²) in [5.74, 6) is 0. The van der Waals surface area contributed by atoms with Gasteiger partial charge in [-0.3, -0.25) is 0 Å². The number of fused-ring (bicyclic) bond motifs is 1. The first-order valence-electron chi connectivity index (χ1n) is 3.46. The highest BCUT2D eigenvalue weighted by atomic mass is 14.8. The molecule has 0 fully saturated rings. The number of nitrogens with one attached hydrogen (secondary N) is 2. The lowest BCUT2D eigenvalue weighted by Gasteiger charge is -1.97. The predicted octanol–water partition coefficient (Wildman–Crippen LogP) is -0.555. The summed E-state index contributed by atoms with van der Waals surface area (Å²) in [5.41, 5.74) is 1.33. The summed E-state index contributed by atoms with van der Waals surface area (Å²) < 4.78 is 0. The van der Waals surface area contributed by atoms with Gasteiger partial charge in [0.1, 0.15) is 0 Å². The van der Waals surface area contributed by atoms with Crippen LogP contribution in [0.3, 0.4) is 0 Å². The van der Waals surface area contributed by atoms with Crippen molar-refractivity contribution in [2.75, 3.05) is 6.54 Å². The molecule has 1 aliphatic heterocycles. The first kappa shape index (κ1) is 5.59. The Hall–Kier alpha value is -1.18. The molecule has 2 N–H and O–H groups in total. The van der Waals surface area contributed by atoms with Crippen molar-refractivity contribution in [1.82, 2.24) is 10.3 Å². The lowest BCUT2D eigenvalue weighted by atomic mass is 10.2. The number of rotatable bonds is 0. The van der Waals surface area contributed by atoms with Gasteiger partial charge in [0.25, 0.3) is 0 Å². The van der Waals surface area contributed by atoms with Crippen molar-refractivity contribution in [2.24, 2.45) is 0 Å². The summed E-state index contributed by atoms with van der Waals surface area (Å²) in [6, 6.07) is 0. The van der Waals surface area contributed by atoms with Crippen molar-refractivity contribution in [1.29, 1.82) is 0 Å². The number of H-pyrrole nitrogens is 1. The van der Waals surface area contributed by atoms with E-state index in [0.29, 0.717) is 0 Å². The monoisotopic (exact) mass is 134 g/mol. The van der Waals surface area contributed by atoms with Gasteiger partial charge in [0, 0.05) is 24.2 Å². The van der Waals surface area contributed by atoms with E-state index >= 15 is 0 Å². The Morgan fingerprint density at radius 1 is 1.50 bits per heavy atom. The van der Waals surface area contributed by atoms with Crippen LogP contribution in [0.5, 0.6) is 0 Å². The first-order chi connectivity index (χ1) is 4.88. The third-order valence-electron chi connectivity index (χ3n) is 1.83. The number of hydrogen-bond acceptors (Lipinski definition) is 1. The minimum atomic E-state index is 0.950. The molecule has 52 valence electrons. The molecule has 1 aromatic rings. The van der Waals surface area contributed by atoms with E-state index in [1.807, 2.05) is 12.4 Å². The van der Waals surface area contributed by atoms with E-state index < -0.39 is 0 Å². The Bertz CT molecular complexity index is 346. The zero-order chi connectivity index (χ0) is 6.97. The average molecular weight is 134 g/mol. The molecule has 0 radical (unpaired) electrons. The lowest BCUT2D eigenvalue weighted by Crippen LogP contribution is -2.32. The Morgan fingerprint density at radius 2 is 2.40 bits per heavy atom. The summed E-state index contributed by atoms with van der Waals surface area (Å²) in [6.07, 6.45) is 6.24. The van der Waals surface area contributed by atoms with Gasteiger partial charge in [0.05, 0.1) is 5.35 Å². The van der Waals surface area contributed by atoms with Crippen LogP contribution >= 0.6 is 0 Å². The second-order valence-corrected chi connectivity index (χ2v) is 2.56. The Morgan fingerprint density at radius 3 is 3.20 bits per heavy atom. The van der Waals surface area contributed by atoms with E-state index in [1.165, 1.54) is 16.1 Å². The molecule has 0 saturated carbocycles. The van der Waals surface area contributed by atoms with Gasteiger partial charge in [-0.1, -0.05) is 6.08 Å². The van der Waals surface area contributed by atoms with Crippen molar-refractivity contribution < 1.29 is 0 Å². The highest BCUT2D eigenvalue weighted by Gasteiger charge is 1.95. The van der Waals surface area contributed by atoms with Crippen LogP contribution in [-0.4, -0.2) is 11.5 Å². The smallest absolute Gasteiger partial charge is 0.0613 e. The molecule has 2 heteroatoms. The van der Waals surface area contributed by atoms with Crippen molar-refractivity contribution in [3.8, 4) is 0 Å². The highest BCUT2D eigenvalue weighted by molar-refractivity contribution is 5.38. The molecule has 2 nitrogen and oxygen atoms in total. The van der Waals surface area contributed by atoms with Gasteiger partial charge in [0.15, 0.2) is 0 Å². The zero-order valence-corrected chi connectivity index (χ0v) is 5.94. The molecule has 10 heavy (non-hydrogen) atoms. The molecule has 0 unspecified atom stereocenters. The maximum absolute atomic E-state index is 3.18. The maximum atomic E-state index is 3.18. The third kappa shape index (κ3) is 0.652. The van der Waals surface area contributed by atoms with Gasteiger partial charge >= 0.3 is 0 Å². The van der Waals surface area contributed by atoms with E-state index in [-0.39, 0.29) is 0 Å². The standard InChI is InChI=1S/C8H10N2/c1-6-4-10-8-5-9-3-2-7(6)8/h2,4-5,9-10H,3H2,1H3. The quantitative estimate of drug-likeness (QED) is 0.489. The highest BCUT2D eigenvalue weighted by Crippen LogP contribution is 1.81. The van der Waals surface area contributed by atoms with Crippen LogP contribution in [0.4, 0.5) is 0 Å².